The van der Waals surface area contributed by atoms with Crippen LogP contribution in [0.1, 0.15) is 127 Å². The molecule has 142 heavy (non-hydrogen) atoms. The van der Waals surface area contributed by atoms with E-state index in [1.807, 2.05) is 68.2 Å². The summed E-state index contributed by atoms with van der Waals surface area (Å²) in [6.45, 7) is 33.7. The number of hydrogen-bond acceptors (Lipinski definition) is 29. The molecule has 0 aromatic carbocycles. The fraction of sp³-hybridized carbons (Fsp3) is 0.934. The Morgan fingerprint density at radius 3 is 1.00 bits per heavy atom. The first-order chi connectivity index (χ1) is 61.7. The second kappa shape index (κ2) is 82.4. The zero-order valence-electron chi connectivity index (χ0n) is 84.8. The normalized spacial score (nSPS) is 40.0. The number of quaternary nitrogens is 1. The third kappa shape index (κ3) is 51.4. The number of nitroso groups, excluding NO2 is 1. The van der Waals surface area contributed by atoms with Gasteiger partial charge in [-0.15, -0.1) is 25.2 Å². The second-order valence-electron chi connectivity index (χ2n) is 32.2. The molecule has 14 radical (unpaired) electrons. The predicted molar refractivity (Wildman–Crippen MR) is 585 cm³/mol. The van der Waals surface area contributed by atoms with E-state index in [1.165, 1.54) is 31.1 Å². The molecule has 0 aromatic heterocycles. The topological polar surface area (TPSA) is 291 Å². The van der Waals surface area contributed by atoms with Crippen LogP contribution in [0.25, 0.3) is 0 Å². The van der Waals surface area contributed by atoms with Gasteiger partial charge in [-0.05, 0) is 89.6 Å². The molecule has 16 unspecified atom stereocenters. The fourth-order valence-corrected chi connectivity index (χ4v) is 33.3. The molecule has 850 valence electrons. The molecule has 12 saturated heterocycles. The van der Waals surface area contributed by atoms with Gasteiger partial charge < -0.3 is 135 Å². The molecule has 12 fully saturated rings. The fourth-order valence-electron chi connectivity index (χ4n) is 15.7. The summed E-state index contributed by atoms with van der Waals surface area (Å²) in [5.74, 6) is -1.48. The van der Waals surface area contributed by atoms with Crippen LogP contribution in [0.3, 0.4) is 0 Å². The van der Waals surface area contributed by atoms with Crippen molar-refractivity contribution in [3.05, 3.63) is 42.0 Å². The number of rotatable bonds is 13. The van der Waals surface area contributed by atoms with Crippen molar-refractivity contribution in [2.24, 2.45) is 29.6 Å². The third-order valence-corrected chi connectivity index (χ3v) is 43.6. The molecule has 3 N–H and O–H groups in total. The maximum Gasteiger partial charge on any atom is 0.327 e. The molecule has 37 atom stereocenters. The van der Waals surface area contributed by atoms with Crippen LogP contribution in [0.2, 0.25) is 0 Å². The Hall–Kier alpha value is 7.04. The third-order valence-electron chi connectivity index (χ3n) is 24.2. The quantitative estimate of drug-likeness (QED) is 0.0385. The summed E-state index contributed by atoms with van der Waals surface area (Å²) in [5.41, 5.74) is -0.772. The van der Waals surface area contributed by atoms with Gasteiger partial charge in [-0.1, -0.05) is 67.1 Å². The smallest absolute Gasteiger partial charge is 0.327 e. The molecule has 12 aliphatic rings. The van der Waals surface area contributed by atoms with Crippen molar-refractivity contribution < 1.29 is 229 Å². The van der Waals surface area contributed by atoms with Gasteiger partial charge in [-0.2, -0.15) is 4.91 Å². The Labute approximate surface area is 956 Å². The molecule has 5 spiro atoms. The maximum atomic E-state index is 14.0. The van der Waals surface area contributed by atoms with Gasteiger partial charge in [0, 0.05) is 314 Å². The van der Waals surface area contributed by atoms with Gasteiger partial charge in [0.25, 0.3) is 0 Å². The van der Waals surface area contributed by atoms with Crippen molar-refractivity contribution in [1.29, 1.82) is 5.59 Å². The number of nitrogens with zero attached hydrogens (tertiary/aromatic N) is 1. The van der Waals surface area contributed by atoms with Crippen LogP contribution in [0.5, 0.6) is 0 Å². The number of hydrogen-bond donors (Lipinski definition) is 3. The summed E-state index contributed by atoms with van der Waals surface area (Å²) in [7, 11) is 44.2. The number of halogens is 9. The van der Waals surface area contributed by atoms with Crippen molar-refractivity contribution in [2.75, 3.05) is 159 Å². The van der Waals surface area contributed by atoms with Gasteiger partial charge in [0.05, 0.1) is 113 Å². The molecular weight excluding hydrogens is 2480 g/mol. The molecule has 66 heteroatoms. The Kier molecular flexibility index (Phi) is 98.1. The van der Waals surface area contributed by atoms with E-state index >= 15 is 0 Å². The van der Waals surface area contributed by atoms with E-state index in [0.717, 1.165) is 19.3 Å². The van der Waals surface area contributed by atoms with Gasteiger partial charge in [-0.25, -0.2) is 30.7 Å². The van der Waals surface area contributed by atoms with Gasteiger partial charge in [0.1, 0.15) is 141 Å². The Bertz CT molecular complexity index is 3680. The number of ether oxygens (including phenoxy) is 7. The first-order valence-corrected chi connectivity index (χ1v) is 70.0. The van der Waals surface area contributed by atoms with Crippen LogP contribution in [0.15, 0.2) is 0 Å². The summed E-state index contributed by atoms with van der Waals surface area (Å²) in [6.07, 6.45) is -4.63. The van der Waals surface area contributed by atoms with Crippen LogP contribution in [0.4, 0.5) is 35.2 Å². The number of aliphatic hydroxyl groups excluding tert-OH is 2. The molecule has 0 amide bonds. The first-order valence-electron chi connectivity index (χ1n) is 42.4. The number of nitrogens with one attached hydrogen (secondary N) is 1. The summed E-state index contributed by atoms with van der Waals surface area (Å²) in [5, 5.41) is 17.9. The monoisotopic (exact) mass is 2630 g/mol. The molecule has 0 aromatic rings. The average Bonchev–Trinajstić information content (AvgIpc) is 1.72. The molecule has 0 bridgehead atoms. The van der Waals surface area contributed by atoms with Gasteiger partial charge in [-0.3, -0.25) is 9.13 Å². The molecular formula is C76H149B7ClF8N2Ni5O24P9S10-4. The Balaban J connectivity index is -0.000000171. The summed E-state index contributed by atoms with van der Waals surface area (Å²) >= 11 is 24.6. The molecule has 26 nitrogen and oxygen atoms in total. The first kappa shape index (κ1) is 169. The van der Waals surface area contributed by atoms with Crippen LogP contribution < -0.4 is 0 Å². The van der Waals surface area contributed by atoms with Crippen molar-refractivity contribution in [1.82, 2.24) is 0 Å². The molecule has 12 heterocycles. The second-order valence-corrected chi connectivity index (χ2v) is 59.2. The van der Waals surface area contributed by atoms with E-state index in [9.17, 15) is 44.3 Å². The molecule has 12 aliphatic heterocycles. The molecule has 12 rings (SSSR count). The van der Waals surface area contributed by atoms with Gasteiger partial charge in [0.15, 0.2) is 21.4 Å². The SMILES string of the molecule is CC[N+](F)(CC)CC.CP.CPCl.N=O.S=S=S=S=S=S=S=S.[B][C@@H]1O[C@@](CC)(CCC)[C@H](C)C1F.[B][C@@H]1O[C@@](CO)(CCO)[C@H](C)C1F.[B][C@@H]1O[C@@]2(CCOP(C)(=O)OC2)[C@H](C)C1F.[B][C@@H]1O[C@@]2(CCOP(C)(=O)OC2)[C@H](OPC)C1F.[B][C@@H]1O[C@@]2(CCOP(C)(=S)OC2)[C@H](C)C1F.[B][C@@H]1O[C@@]2(CCOP(C)(=S)OC2)[C@H](OPC)C1F.[B][C@@H]1O[C@@]2(CCOP(C)OC2)[C@H](C)C1F.[CH3-].[CH3-].[CH3-].[CH3-].[CH3-].[Ni].[Ni].[Ni].[Ni].[Ni]. The van der Waals surface area contributed by atoms with E-state index in [4.69, 9.17) is 192 Å². The van der Waals surface area contributed by atoms with Crippen LogP contribution in [-0.4, -0.2) is 365 Å². The van der Waals surface area contributed by atoms with Crippen LogP contribution in [-0.2, 0) is 278 Å². The van der Waals surface area contributed by atoms with E-state index < -0.39 is 174 Å². The standard InChI is InChI=1S/C10H18BFO.C9H16BFO5P2.C9H16BFO4P2S.C9H15BFO4P.C9H15BFO3PS.C9H15BFO3P.C8H14BFO3.C6H15FN.CH4ClP.CH5P.5CH3.HNO.5Ni.S8/c1-4-6-10(5-2)7(3)8(12)9(11)13-10;1-17-16-7-6(11)8(10)15-9(7)3-4-13-18(2,12)14-5-9;1-16-15-7-6(11)8(10)14-9(7)3-4-12-17(2,18)13-5-9;1-6-7(11)8(10)15-9(6)3-4-13-16(2,12)14-5-9;1-6-7(11)8(10)14-9(6)3-4-12-15(2,16)13-5-9;1-6-7(11)8(10)14-9(6)3-4-12-15(2)13-5-9;1-5-6(10)7(9)13-8(5,4-12)2-3-11;1-4-8(7,5-2)6-3;1-3-2;1-2;;;;;;1-2;;;;;;1-3-5-7-8-6-4-2/h7-9H,4-6H2,1-3H3;6-8,17H,3-5H2,1-2H3;6-8,16H,3-5H2,1-2H3;2*6-8H,3-5H2,1-2H3;6-8H,3-5H2,1-2H3;5-7,11-12H,2-4H2,1H3;4-6H2,1-3H3;3H,1H3;2H2,1H3;5*1H3;1H;;;;;;/q;;;;;;;+1;;;5*-1;;;;;;;/t7-,8?,9-,10+;6?,7-,8-,9-,18?;6?,7-,8-,9-,17?;6-,7?,8-,9-,16?;2*6-,7?,8-,9-,15?;5-,6?,7-,8-;;;;;;;;;;;;;;;/m1111111.............../s1. The van der Waals surface area contributed by atoms with Crippen molar-refractivity contribution in [3.8, 4) is 0 Å². The predicted octanol–water partition coefficient (Wildman–Crippen LogP) is 16.0. The summed E-state index contributed by atoms with van der Waals surface area (Å²) in [6, 6.07) is -6.38. The zero-order valence-corrected chi connectivity index (χ0v) is 107. The molecule has 0 aliphatic carbocycles. The minimum atomic E-state index is -3.09. The van der Waals surface area contributed by atoms with E-state index in [0.29, 0.717) is 86.1 Å². The number of aliphatic hydroxyl groups is 2. The van der Waals surface area contributed by atoms with Crippen molar-refractivity contribution >= 4 is 237 Å². The van der Waals surface area contributed by atoms with Crippen LogP contribution >= 0.6 is 82.6 Å². The summed E-state index contributed by atoms with van der Waals surface area (Å²) in [4.78, 5) is 7.50. The number of alkyl halides is 7. The average molecular weight is 2630 g/mol. The Morgan fingerprint density at radius 1 is 0.451 bits per heavy atom. The maximum absolute atomic E-state index is 14.0. The zero-order chi connectivity index (χ0) is 101. The van der Waals surface area contributed by atoms with Crippen molar-refractivity contribution in [2.45, 2.75) is 264 Å². The largest absolute Gasteiger partial charge is 0.396 e. The minimum absolute atomic E-state index is 0. The molecule has 0 saturated carbocycles. The van der Waals surface area contributed by atoms with Gasteiger partial charge >= 0.3 is 15.2 Å². The van der Waals surface area contributed by atoms with E-state index in [1.54, 1.807) is 76.3 Å². The van der Waals surface area contributed by atoms with Crippen LogP contribution in [0, 0.1) is 77.2 Å². The Morgan fingerprint density at radius 2 is 0.725 bits per heavy atom. The minimum Gasteiger partial charge on any atom is -0.396 e. The summed E-state index contributed by atoms with van der Waals surface area (Å²) < 4.78 is 235. The van der Waals surface area contributed by atoms with E-state index in [-0.39, 0.29) is 230 Å². The van der Waals surface area contributed by atoms with E-state index in [2.05, 4.69) is 44.1 Å². The van der Waals surface area contributed by atoms with Crippen molar-refractivity contribution in [3.63, 3.8) is 0 Å². The van der Waals surface area contributed by atoms with Gasteiger partial charge in [0.2, 0.25) is 0 Å².